The number of benzene rings is 1. The first kappa shape index (κ1) is 10.8. The molecule has 84 valence electrons. The predicted octanol–water partition coefficient (Wildman–Crippen LogP) is 1.06. The number of nitrogens with one attached hydrogen (secondary N) is 2. The molecule has 1 amide bonds. The molecule has 1 heterocycles. The molecular formula is C10H10ClN3O2. The summed E-state index contributed by atoms with van der Waals surface area (Å²) in [6, 6.07) is 5.20. The number of halogens is 1. The lowest BCUT2D eigenvalue weighted by Gasteiger charge is -2.15. The number of carbonyl (C=O) groups excluding carboxylic acids is 1. The number of hydrogen-bond acceptors (Lipinski definition) is 2. The van der Waals surface area contributed by atoms with E-state index in [-0.39, 0.29) is 17.5 Å². The lowest BCUT2D eigenvalue weighted by Crippen LogP contribution is -2.27. The van der Waals surface area contributed by atoms with E-state index in [4.69, 9.17) is 11.6 Å². The smallest absolute Gasteiger partial charge is 0.314 e. The molecule has 0 saturated carbocycles. The molecule has 0 aliphatic rings. The second-order valence-electron chi connectivity index (χ2n) is 3.40. The average Bonchev–Trinajstić information content (AvgIpc) is 2.65. The minimum absolute atomic E-state index is 0.0712. The number of anilines is 1. The Morgan fingerprint density at radius 2 is 2.06 bits per heavy atom. The molecule has 2 N–H and O–H groups in total. The zero-order valence-corrected chi connectivity index (χ0v) is 9.34. The second-order valence-corrected chi connectivity index (χ2v) is 3.66. The van der Waals surface area contributed by atoms with Crippen molar-refractivity contribution in [3.05, 3.63) is 28.7 Å². The summed E-state index contributed by atoms with van der Waals surface area (Å²) in [5.74, 6) is -0.267. The van der Waals surface area contributed by atoms with E-state index in [0.717, 1.165) is 0 Å². The van der Waals surface area contributed by atoms with E-state index < -0.39 is 0 Å². The third-order valence-electron chi connectivity index (χ3n) is 2.38. The van der Waals surface area contributed by atoms with Gasteiger partial charge in [-0.15, -0.1) is 11.6 Å². The molecule has 2 aromatic rings. The Balaban J connectivity index is 2.46. The van der Waals surface area contributed by atoms with Crippen LogP contribution in [0.4, 0.5) is 5.69 Å². The molecule has 0 unspecified atom stereocenters. The Bertz CT molecular complexity index is 587. The van der Waals surface area contributed by atoms with Crippen molar-refractivity contribution in [2.75, 3.05) is 17.8 Å². The van der Waals surface area contributed by atoms with Gasteiger partial charge in [-0.3, -0.25) is 4.79 Å². The Morgan fingerprint density at radius 3 is 2.75 bits per heavy atom. The van der Waals surface area contributed by atoms with Crippen LogP contribution in [0.5, 0.6) is 0 Å². The number of nitrogens with zero attached hydrogens (tertiary/aromatic N) is 1. The number of fused-ring (bicyclic) bond motifs is 1. The summed E-state index contributed by atoms with van der Waals surface area (Å²) in [7, 11) is 1.64. The first-order chi connectivity index (χ1) is 7.61. The van der Waals surface area contributed by atoms with Gasteiger partial charge in [0.2, 0.25) is 5.91 Å². The van der Waals surface area contributed by atoms with E-state index in [2.05, 4.69) is 9.97 Å². The van der Waals surface area contributed by atoms with E-state index in [1.807, 2.05) is 0 Å². The van der Waals surface area contributed by atoms with Crippen LogP contribution in [-0.4, -0.2) is 28.8 Å². The van der Waals surface area contributed by atoms with Crippen molar-refractivity contribution in [1.82, 2.24) is 9.97 Å². The number of hydrogen-bond donors (Lipinski definition) is 2. The zero-order chi connectivity index (χ0) is 11.7. The van der Waals surface area contributed by atoms with Crippen LogP contribution in [0.15, 0.2) is 23.0 Å². The quantitative estimate of drug-likeness (QED) is 0.770. The van der Waals surface area contributed by atoms with Crippen molar-refractivity contribution in [1.29, 1.82) is 0 Å². The second kappa shape index (κ2) is 4.02. The molecular weight excluding hydrogens is 230 g/mol. The van der Waals surface area contributed by atoms with E-state index in [1.54, 1.807) is 25.2 Å². The number of alkyl halides is 1. The van der Waals surface area contributed by atoms with Crippen LogP contribution in [0.2, 0.25) is 0 Å². The number of aromatic amines is 2. The molecule has 16 heavy (non-hydrogen) atoms. The highest BCUT2D eigenvalue weighted by molar-refractivity contribution is 6.29. The predicted molar refractivity (Wildman–Crippen MR) is 63.0 cm³/mol. The van der Waals surface area contributed by atoms with Crippen LogP contribution in [0, 0.1) is 0 Å². The number of H-pyrrole nitrogens is 2. The summed E-state index contributed by atoms with van der Waals surface area (Å²) in [5.41, 5.74) is 1.80. The first-order valence-corrected chi connectivity index (χ1v) is 5.20. The van der Waals surface area contributed by atoms with Crippen molar-refractivity contribution in [2.24, 2.45) is 0 Å². The van der Waals surface area contributed by atoms with Gasteiger partial charge in [0, 0.05) is 12.7 Å². The first-order valence-electron chi connectivity index (χ1n) is 4.66. The lowest BCUT2D eigenvalue weighted by molar-refractivity contribution is -0.116. The van der Waals surface area contributed by atoms with Crippen LogP contribution in [0.25, 0.3) is 11.0 Å². The molecule has 5 nitrogen and oxygen atoms in total. The minimum Gasteiger partial charge on any atom is -0.314 e. The summed E-state index contributed by atoms with van der Waals surface area (Å²) in [4.78, 5) is 29.1. The summed E-state index contributed by atoms with van der Waals surface area (Å²) in [6.45, 7) is 0. The molecule has 0 radical (unpaired) electrons. The maximum absolute atomic E-state index is 11.4. The van der Waals surface area contributed by atoms with Gasteiger partial charge in [-0.1, -0.05) is 0 Å². The molecule has 0 bridgehead atoms. The maximum atomic E-state index is 11.4. The SMILES string of the molecule is CN(C(=O)CCl)c1ccc2[nH]c(=O)[nH]c2c1. The van der Waals surface area contributed by atoms with Crippen molar-refractivity contribution in [3.63, 3.8) is 0 Å². The fourth-order valence-corrected chi connectivity index (χ4v) is 1.64. The Kier molecular flexibility index (Phi) is 2.70. The van der Waals surface area contributed by atoms with Gasteiger partial charge in [-0.05, 0) is 18.2 Å². The van der Waals surface area contributed by atoms with Crippen molar-refractivity contribution < 1.29 is 4.79 Å². The topological polar surface area (TPSA) is 69.0 Å². The highest BCUT2D eigenvalue weighted by Crippen LogP contribution is 2.18. The van der Waals surface area contributed by atoms with Gasteiger partial charge in [-0.25, -0.2) is 4.79 Å². The van der Waals surface area contributed by atoms with Gasteiger partial charge in [0.15, 0.2) is 0 Å². The number of amides is 1. The molecule has 0 spiro atoms. The van der Waals surface area contributed by atoms with Crippen LogP contribution in [0.1, 0.15) is 0 Å². The summed E-state index contributed by atoms with van der Waals surface area (Å²) >= 11 is 5.46. The third-order valence-corrected chi connectivity index (χ3v) is 2.60. The van der Waals surface area contributed by atoms with Gasteiger partial charge >= 0.3 is 5.69 Å². The van der Waals surface area contributed by atoms with Gasteiger partial charge in [0.1, 0.15) is 5.88 Å². The monoisotopic (exact) mass is 239 g/mol. The third kappa shape index (κ3) is 1.81. The van der Waals surface area contributed by atoms with E-state index in [9.17, 15) is 9.59 Å². The van der Waals surface area contributed by atoms with Crippen LogP contribution in [-0.2, 0) is 4.79 Å². The molecule has 2 rings (SSSR count). The van der Waals surface area contributed by atoms with E-state index in [1.165, 1.54) is 4.90 Å². The standard InChI is InChI=1S/C10H10ClN3O2/c1-14(9(15)5-11)6-2-3-7-8(4-6)13-10(16)12-7/h2-4H,5H2,1H3,(H2,12,13,16). The van der Waals surface area contributed by atoms with Crippen molar-refractivity contribution >= 4 is 34.2 Å². The summed E-state index contributed by atoms with van der Waals surface area (Å²) in [5, 5.41) is 0. The lowest BCUT2D eigenvalue weighted by atomic mass is 10.2. The van der Waals surface area contributed by atoms with Gasteiger partial charge in [-0.2, -0.15) is 0 Å². The highest BCUT2D eigenvalue weighted by Gasteiger charge is 2.10. The van der Waals surface area contributed by atoms with E-state index in [0.29, 0.717) is 16.7 Å². The fourth-order valence-electron chi connectivity index (χ4n) is 1.46. The van der Waals surface area contributed by atoms with Crippen LogP contribution >= 0.6 is 11.6 Å². The summed E-state index contributed by atoms with van der Waals surface area (Å²) in [6.07, 6.45) is 0. The number of carbonyl (C=O) groups is 1. The molecule has 1 aromatic carbocycles. The molecule has 1 aromatic heterocycles. The molecule has 0 atom stereocenters. The number of rotatable bonds is 2. The van der Waals surface area contributed by atoms with Crippen molar-refractivity contribution in [2.45, 2.75) is 0 Å². The maximum Gasteiger partial charge on any atom is 0.323 e. The van der Waals surface area contributed by atoms with Crippen LogP contribution in [0.3, 0.4) is 0 Å². The van der Waals surface area contributed by atoms with Gasteiger partial charge in [0.25, 0.3) is 0 Å². The normalized spacial score (nSPS) is 10.6. The van der Waals surface area contributed by atoms with Gasteiger partial charge in [0.05, 0.1) is 11.0 Å². The Labute approximate surface area is 96.0 Å². The van der Waals surface area contributed by atoms with Crippen LogP contribution < -0.4 is 10.6 Å². The van der Waals surface area contributed by atoms with Crippen molar-refractivity contribution in [3.8, 4) is 0 Å². The molecule has 0 aliphatic carbocycles. The Hall–Kier alpha value is -1.75. The molecule has 0 aliphatic heterocycles. The average molecular weight is 240 g/mol. The number of imidazole rings is 1. The minimum atomic E-state index is -0.265. The molecule has 0 fully saturated rings. The molecule has 0 saturated heterocycles. The highest BCUT2D eigenvalue weighted by atomic mass is 35.5. The fraction of sp³-hybridized carbons (Fsp3) is 0.200. The molecule has 6 heteroatoms. The van der Waals surface area contributed by atoms with Gasteiger partial charge < -0.3 is 14.9 Å². The number of aromatic nitrogens is 2. The Morgan fingerprint density at radius 1 is 1.38 bits per heavy atom. The summed E-state index contributed by atoms with van der Waals surface area (Å²) < 4.78 is 0. The zero-order valence-electron chi connectivity index (χ0n) is 8.58. The largest absolute Gasteiger partial charge is 0.323 e. The van der Waals surface area contributed by atoms with E-state index >= 15 is 0 Å².